The van der Waals surface area contributed by atoms with E-state index >= 15 is 0 Å². The lowest BCUT2D eigenvalue weighted by Crippen LogP contribution is -2.38. The first-order chi connectivity index (χ1) is 13.7. The van der Waals surface area contributed by atoms with Crippen LogP contribution in [0.3, 0.4) is 0 Å². The Morgan fingerprint density at radius 3 is 2.28 bits per heavy atom. The van der Waals surface area contributed by atoms with Gasteiger partial charge in [-0.25, -0.2) is 8.42 Å². The number of carbonyl (C=O) groups excluding carboxylic acids is 2. The van der Waals surface area contributed by atoms with Gasteiger partial charge in [-0.05, 0) is 50.5 Å². The van der Waals surface area contributed by atoms with Crippen LogP contribution in [-0.2, 0) is 19.6 Å². The van der Waals surface area contributed by atoms with Crippen LogP contribution in [0.4, 0.5) is 5.69 Å². The van der Waals surface area contributed by atoms with Crippen LogP contribution in [0.15, 0.2) is 29.2 Å². The Kier molecular flexibility index (Phi) is 8.22. The minimum absolute atomic E-state index is 0.0744. The second-order valence-corrected chi connectivity index (χ2v) is 9.56. The zero-order valence-corrected chi connectivity index (χ0v) is 18.7. The largest absolute Gasteiger partial charge is 0.353 e. The van der Waals surface area contributed by atoms with Crippen LogP contribution in [0.1, 0.15) is 53.4 Å². The van der Waals surface area contributed by atoms with E-state index in [1.54, 1.807) is 29.2 Å². The highest BCUT2D eigenvalue weighted by Crippen LogP contribution is 2.27. The van der Waals surface area contributed by atoms with Crippen LogP contribution in [0, 0.1) is 5.92 Å². The van der Waals surface area contributed by atoms with Gasteiger partial charge < -0.3 is 10.2 Å². The Hall–Kier alpha value is -1.93. The van der Waals surface area contributed by atoms with E-state index in [1.807, 2.05) is 27.7 Å². The van der Waals surface area contributed by atoms with E-state index in [9.17, 15) is 18.0 Å². The molecule has 7 nitrogen and oxygen atoms in total. The molecule has 0 bridgehead atoms. The maximum Gasteiger partial charge on any atom is 0.243 e. The fourth-order valence-corrected chi connectivity index (χ4v) is 5.02. The van der Waals surface area contributed by atoms with Crippen molar-refractivity contribution in [2.45, 2.75) is 64.3 Å². The fourth-order valence-electron chi connectivity index (χ4n) is 3.39. The van der Waals surface area contributed by atoms with Crippen molar-refractivity contribution in [3.63, 3.8) is 0 Å². The zero-order valence-electron chi connectivity index (χ0n) is 17.8. The molecular weight excluding hydrogens is 390 g/mol. The van der Waals surface area contributed by atoms with Crippen LogP contribution in [0.2, 0.25) is 0 Å². The summed E-state index contributed by atoms with van der Waals surface area (Å²) in [6, 6.07) is 6.46. The summed E-state index contributed by atoms with van der Waals surface area (Å²) < 4.78 is 27.2. The van der Waals surface area contributed by atoms with E-state index in [1.165, 1.54) is 4.31 Å². The van der Waals surface area contributed by atoms with Gasteiger partial charge in [0.1, 0.15) is 0 Å². The first-order valence-corrected chi connectivity index (χ1v) is 11.9. The van der Waals surface area contributed by atoms with Gasteiger partial charge >= 0.3 is 0 Å². The normalized spacial score (nSPS) is 18.3. The van der Waals surface area contributed by atoms with Crippen molar-refractivity contribution < 1.29 is 18.0 Å². The molecule has 1 N–H and O–H groups in total. The van der Waals surface area contributed by atoms with Crippen molar-refractivity contribution in [3.05, 3.63) is 24.3 Å². The van der Waals surface area contributed by atoms with Crippen molar-refractivity contribution in [1.29, 1.82) is 0 Å². The van der Waals surface area contributed by atoms with Crippen LogP contribution >= 0.6 is 0 Å². The number of hydrogen-bond donors (Lipinski definition) is 1. The van der Waals surface area contributed by atoms with Gasteiger partial charge in [-0.2, -0.15) is 4.31 Å². The molecule has 1 fully saturated rings. The van der Waals surface area contributed by atoms with Crippen LogP contribution < -0.4 is 10.2 Å². The highest BCUT2D eigenvalue weighted by atomic mass is 32.2. The number of rotatable bonds is 10. The van der Waals surface area contributed by atoms with E-state index in [4.69, 9.17) is 0 Å². The molecule has 1 aliphatic heterocycles. The number of sulfonamides is 1. The molecule has 0 aliphatic carbocycles. The number of nitrogens with zero attached hydrogens (tertiary/aromatic N) is 2. The quantitative estimate of drug-likeness (QED) is 0.627. The lowest BCUT2D eigenvalue weighted by Gasteiger charge is -2.22. The van der Waals surface area contributed by atoms with Crippen LogP contribution in [-0.4, -0.2) is 50.2 Å². The molecular formula is C21H33N3O4S. The van der Waals surface area contributed by atoms with Crippen LogP contribution in [0.5, 0.6) is 0 Å². The number of carbonyl (C=O) groups is 2. The molecule has 2 rings (SSSR count). The lowest BCUT2D eigenvalue weighted by molar-refractivity contribution is -0.126. The first-order valence-electron chi connectivity index (χ1n) is 10.4. The number of hydrogen-bond acceptors (Lipinski definition) is 4. The zero-order chi connectivity index (χ0) is 21.6. The topological polar surface area (TPSA) is 86.8 Å². The smallest absolute Gasteiger partial charge is 0.243 e. The summed E-state index contributed by atoms with van der Waals surface area (Å²) in [6.45, 7) is 9.11. The minimum Gasteiger partial charge on any atom is -0.353 e. The number of benzene rings is 1. The third-order valence-electron chi connectivity index (χ3n) is 5.23. The summed E-state index contributed by atoms with van der Waals surface area (Å²) in [7, 11) is -3.55. The summed E-state index contributed by atoms with van der Waals surface area (Å²) in [6.07, 6.45) is 2.50. The van der Waals surface area contributed by atoms with Gasteiger partial charge in [0.2, 0.25) is 21.8 Å². The first kappa shape index (κ1) is 23.3. The average molecular weight is 424 g/mol. The maximum absolute atomic E-state index is 12.9. The Bertz CT molecular complexity index is 802. The van der Waals surface area contributed by atoms with E-state index < -0.39 is 10.0 Å². The van der Waals surface area contributed by atoms with Gasteiger partial charge in [-0.1, -0.05) is 20.8 Å². The van der Waals surface area contributed by atoms with Gasteiger partial charge in [0.15, 0.2) is 0 Å². The van der Waals surface area contributed by atoms with E-state index in [-0.39, 0.29) is 35.1 Å². The summed E-state index contributed by atoms with van der Waals surface area (Å²) in [5.41, 5.74) is 0.616. The molecule has 0 radical (unpaired) electrons. The Morgan fingerprint density at radius 2 is 1.76 bits per heavy atom. The van der Waals surface area contributed by atoms with Gasteiger partial charge in [-0.15, -0.1) is 0 Å². The maximum atomic E-state index is 12.9. The Balaban J connectivity index is 2.13. The second-order valence-electron chi connectivity index (χ2n) is 7.62. The van der Waals surface area contributed by atoms with Crippen molar-refractivity contribution in [2.75, 3.05) is 24.5 Å². The molecule has 1 aromatic carbocycles. The summed E-state index contributed by atoms with van der Waals surface area (Å²) in [5.74, 6) is -0.614. The van der Waals surface area contributed by atoms with Gasteiger partial charge in [-0.3, -0.25) is 9.59 Å². The van der Waals surface area contributed by atoms with E-state index in [0.29, 0.717) is 25.3 Å². The standard InChI is InChI=1S/C21H33N3O4S/c1-5-12-23(13-6-2)29(27,28)19-10-8-18(9-11-19)24-15-17(14-20(24)25)21(26)22-16(4)7-3/h8-11,16-17H,5-7,12-15H2,1-4H3,(H,22,26)/t16-,17-/m0/s1. The SMILES string of the molecule is CCCN(CCC)S(=O)(=O)c1ccc(N2C[C@@H](C(=O)N[C@@H](C)CC)CC2=O)cc1. The summed E-state index contributed by atoms with van der Waals surface area (Å²) in [4.78, 5) is 26.6. The molecule has 1 aromatic rings. The molecule has 162 valence electrons. The van der Waals surface area contributed by atoms with Gasteiger partial charge in [0, 0.05) is 37.8 Å². The molecule has 2 atom stereocenters. The molecule has 29 heavy (non-hydrogen) atoms. The number of anilines is 1. The molecule has 0 aromatic heterocycles. The highest BCUT2D eigenvalue weighted by Gasteiger charge is 2.35. The molecule has 1 saturated heterocycles. The van der Waals surface area contributed by atoms with E-state index in [0.717, 1.165) is 19.3 Å². The lowest BCUT2D eigenvalue weighted by atomic mass is 10.1. The summed E-state index contributed by atoms with van der Waals surface area (Å²) in [5, 5.41) is 2.93. The molecule has 0 unspecified atom stereocenters. The molecule has 1 aliphatic rings. The molecule has 2 amide bonds. The number of nitrogens with one attached hydrogen (secondary N) is 1. The summed E-state index contributed by atoms with van der Waals surface area (Å²) >= 11 is 0. The molecule has 0 spiro atoms. The number of amides is 2. The third-order valence-corrected chi connectivity index (χ3v) is 7.14. The van der Waals surface area contributed by atoms with Crippen molar-refractivity contribution in [2.24, 2.45) is 5.92 Å². The van der Waals surface area contributed by atoms with E-state index in [2.05, 4.69) is 5.32 Å². The average Bonchev–Trinajstić information content (AvgIpc) is 3.09. The minimum atomic E-state index is -3.55. The fraction of sp³-hybridized carbons (Fsp3) is 0.619. The molecule has 8 heteroatoms. The Labute approximate surface area is 174 Å². The van der Waals surface area contributed by atoms with Crippen LogP contribution in [0.25, 0.3) is 0 Å². The molecule has 0 saturated carbocycles. The van der Waals surface area contributed by atoms with Crippen molar-refractivity contribution in [1.82, 2.24) is 9.62 Å². The monoisotopic (exact) mass is 423 g/mol. The Morgan fingerprint density at radius 1 is 1.17 bits per heavy atom. The van der Waals surface area contributed by atoms with Gasteiger partial charge in [0.25, 0.3) is 0 Å². The third kappa shape index (κ3) is 5.57. The molecule has 1 heterocycles. The van der Waals surface area contributed by atoms with Crippen molar-refractivity contribution in [3.8, 4) is 0 Å². The highest BCUT2D eigenvalue weighted by molar-refractivity contribution is 7.89. The van der Waals surface area contributed by atoms with Crippen molar-refractivity contribution >= 4 is 27.5 Å². The second kappa shape index (κ2) is 10.2. The van der Waals surface area contributed by atoms with Gasteiger partial charge in [0.05, 0.1) is 10.8 Å². The predicted molar refractivity (Wildman–Crippen MR) is 114 cm³/mol. The predicted octanol–water partition coefficient (Wildman–Crippen LogP) is 2.76.